The van der Waals surface area contributed by atoms with E-state index in [2.05, 4.69) is 10.3 Å². The van der Waals surface area contributed by atoms with Crippen molar-refractivity contribution in [3.63, 3.8) is 0 Å². The first kappa shape index (κ1) is 18.6. The van der Waals surface area contributed by atoms with Gasteiger partial charge in [0.15, 0.2) is 5.65 Å². The van der Waals surface area contributed by atoms with E-state index < -0.39 is 11.2 Å². The van der Waals surface area contributed by atoms with Gasteiger partial charge in [-0.2, -0.15) is 0 Å². The molecule has 0 aliphatic carbocycles. The Labute approximate surface area is 156 Å². The summed E-state index contributed by atoms with van der Waals surface area (Å²) in [4.78, 5) is 42.3. The van der Waals surface area contributed by atoms with Crippen molar-refractivity contribution in [2.24, 2.45) is 14.1 Å². The standard InChI is InChI=1S/C20H22N4O3/c1-11(2)14-10-21-17-15(19(26)24(5)20(27)23(17)4)16(14)22-18(25)13-9-7-6-8-12(13)3/h6-11H,1-5H3,(H,21,22,25). The zero-order valence-corrected chi connectivity index (χ0v) is 16.0. The largest absolute Gasteiger partial charge is 0.332 e. The number of hydrogen-bond acceptors (Lipinski definition) is 4. The molecule has 0 spiro atoms. The molecule has 0 fully saturated rings. The molecule has 0 atom stereocenters. The third-order valence-electron chi connectivity index (χ3n) is 4.75. The molecular formula is C20H22N4O3. The Bertz CT molecular complexity index is 1170. The van der Waals surface area contributed by atoms with E-state index in [-0.39, 0.29) is 22.9 Å². The first-order valence-corrected chi connectivity index (χ1v) is 8.69. The molecule has 0 aliphatic rings. The highest BCUT2D eigenvalue weighted by atomic mass is 16.2. The average Bonchev–Trinajstić information content (AvgIpc) is 2.64. The van der Waals surface area contributed by atoms with Crippen LogP contribution < -0.4 is 16.6 Å². The van der Waals surface area contributed by atoms with Crippen LogP contribution in [0, 0.1) is 6.92 Å². The van der Waals surface area contributed by atoms with Crippen LogP contribution in [0.1, 0.15) is 41.3 Å². The molecule has 3 rings (SSSR count). The lowest BCUT2D eigenvalue weighted by atomic mass is 10.0. The summed E-state index contributed by atoms with van der Waals surface area (Å²) in [7, 11) is 2.97. The number of carbonyl (C=O) groups is 1. The first-order chi connectivity index (χ1) is 12.7. The number of amides is 1. The second kappa shape index (κ2) is 6.83. The van der Waals surface area contributed by atoms with Crippen molar-refractivity contribution >= 4 is 22.6 Å². The van der Waals surface area contributed by atoms with Gasteiger partial charge in [0, 0.05) is 25.9 Å². The van der Waals surface area contributed by atoms with E-state index in [9.17, 15) is 14.4 Å². The van der Waals surface area contributed by atoms with Crippen molar-refractivity contribution in [2.75, 3.05) is 5.32 Å². The summed E-state index contributed by atoms with van der Waals surface area (Å²) < 4.78 is 2.34. The Hall–Kier alpha value is -3.22. The molecular weight excluding hydrogens is 344 g/mol. The maximum Gasteiger partial charge on any atom is 0.332 e. The van der Waals surface area contributed by atoms with Gasteiger partial charge in [0.1, 0.15) is 5.39 Å². The van der Waals surface area contributed by atoms with Crippen LogP contribution in [0.3, 0.4) is 0 Å². The van der Waals surface area contributed by atoms with Crippen molar-refractivity contribution in [1.82, 2.24) is 14.1 Å². The number of anilines is 1. The van der Waals surface area contributed by atoms with Crippen LogP contribution in [0.15, 0.2) is 40.1 Å². The van der Waals surface area contributed by atoms with Crippen molar-refractivity contribution in [2.45, 2.75) is 26.7 Å². The van der Waals surface area contributed by atoms with Gasteiger partial charge in [-0.05, 0) is 30.0 Å². The highest BCUT2D eigenvalue weighted by Crippen LogP contribution is 2.29. The number of nitrogens with one attached hydrogen (secondary N) is 1. The molecule has 3 aromatic rings. The molecule has 0 radical (unpaired) electrons. The number of aryl methyl sites for hydroxylation is 2. The van der Waals surface area contributed by atoms with Gasteiger partial charge in [-0.15, -0.1) is 0 Å². The van der Waals surface area contributed by atoms with Crippen LogP contribution in [-0.4, -0.2) is 20.0 Å². The van der Waals surface area contributed by atoms with E-state index in [0.29, 0.717) is 11.3 Å². The molecule has 2 heterocycles. The van der Waals surface area contributed by atoms with Crippen molar-refractivity contribution in [3.05, 3.63) is 68.0 Å². The molecule has 7 heteroatoms. The maximum atomic E-state index is 12.9. The molecule has 1 amide bonds. The second-order valence-corrected chi connectivity index (χ2v) is 6.92. The minimum atomic E-state index is -0.483. The fourth-order valence-electron chi connectivity index (χ4n) is 3.12. The Balaban J connectivity index is 2.31. The van der Waals surface area contributed by atoms with Gasteiger partial charge in [0.05, 0.1) is 5.69 Å². The number of aromatic nitrogens is 3. The van der Waals surface area contributed by atoms with Gasteiger partial charge < -0.3 is 5.32 Å². The zero-order chi connectivity index (χ0) is 19.9. The Kier molecular flexibility index (Phi) is 4.70. The predicted octanol–water partition coefficient (Wildman–Crippen LogP) is 2.32. The monoisotopic (exact) mass is 366 g/mol. The van der Waals surface area contributed by atoms with E-state index >= 15 is 0 Å². The fourth-order valence-corrected chi connectivity index (χ4v) is 3.12. The molecule has 27 heavy (non-hydrogen) atoms. The van der Waals surface area contributed by atoms with E-state index in [1.54, 1.807) is 25.4 Å². The van der Waals surface area contributed by atoms with Gasteiger partial charge >= 0.3 is 5.69 Å². The normalized spacial score (nSPS) is 11.2. The van der Waals surface area contributed by atoms with Crippen molar-refractivity contribution in [1.29, 1.82) is 0 Å². The van der Waals surface area contributed by atoms with Crippen LogP contribution in [-0.2, 0) is 14.1 Å². The van der Waals surface area contributed by atoms with Crippen LogP contribution in [0.5, 0.6) is 0 Å². The summed E-state index contributed by atoms with van der Waals surface area (Å²) in [5.41, 5.74) is 1.79. The van der Waals surface area contributed by atoms with Crippen molar-refractivity contribution in [3.8, 4) is 0 Å². The highest BCUT2D eigenvalue weighted by Gasteiger charge is 2.21. The molecule has 1 aromatic carbocycles. The number of hydrogen-bond donors (Lipinski definition) is 1. The molecule has 0 aliphatic heterocycles. The average molecular weight is 366 g/mol. The van der Waals surface area contributed by atoms with Gasteiger partial charge in [0.25, 0.3) is 11.5 Å². The second-order valence-electron chi connectivity index (χ2n) is 6.92. The third kappa shape index (κ3) is 3.05. The topological polar surface area (TPSA) is 86.0 Å². The zero-order valence-electron chi connectivity index (χ0n) is 16.0. The van der Waals surface area contributed by atoms with E-state index in [0.717, 1.165) is 15.7 Å². The molecule has 1 N–H and O–H groups in total. The molecule has 0 bridgehead atoms. The lowest BCUT2D eigenvalue weighted by Gasteiger charge is -2.17. The molecule has 2 aromatic heterocycles. The number of rotatable bonds is 3. The summed E-state index contributed by atoms with van der Waals surface area (Å²) in [6.45, 7) is 5.77. The van der Waals surface area contributed by atoms with Gasteiger partial charge in [-0.25, -0.2) is 9.78 Å². The molecule has 7 nitrogen and oxygen atoms in total. The van der Waals surface area contributed by atoms with E-state index in [1.807, 2.05) is 32.9 Å². The Morgan fingerprint density at radius 2 is 1.78 bits per heavy atom. The number of carbonyl (C=O) groups excluding carboxylic acids is 1. The SMILES string of the molecule is Cc1ccccc1C(=O)Nc1c(C(C)C)cnc2c1c(=O)n(C)c(=O)n2C. The van der Waals surface area contributed by atoms with Gasteiger partial charge in [-0.1, -0.05) is 32.0 Å². The molecule has 140 valence electrons. The lowest BCUT2D eigenvalue weighted by molar-refractivity contribution is 0.102. The van der Waals surface area contributed by atoms with E-state index in [1.165, 1.54) is 11.6 Å². The van der Waals surface area contributed by atoms with Gasteiger partial charge in [0.2, 0.25) is 0 Å². The summed E-state index contributed by atoms with van der Waals surface area (Å²) in [5.74, 6) is -0.283. The summed E-state index contributed by atoms with van der Waals surface area (Å²) >= 11 is 0. The van der Waals surface area contributed by atoms with Crippen molar-refractivity contribution < 1.29 is 4.79 Å². The summed E-state index contributed by atoms with van der Waals surface area (Å²) in [5, 5.41) is 3.13. The van der Waals surface area contributed by atoms with Crippen LogP contribution >= 0.6 is 0 Å². The highest BCUT2D eigenvalue weighted by molar-refractivity contribution is 6.09. The van der Waals surface area contributed by atoms with Gasteiger partial charge in [-0.3, -0.25) is 18.7 Å². The fraction of sp³-hybridized carbons (Fsp3) is 0.300. The summed E-state index contributed by atoms with van der Waals surface area (Å²) in [6.07, 6.45) is 1.61. The maximum absolute atomic E-state index is 12.9. The quantitative estimate of drug-likeness (QED) is 0.771. The third-order valence-corrected chi connectivity index (χ3v) is 4.75. The number of fused-ring (bicyclic) bond motifs is 1. The van der Waals surface area contributed by atoms with Crippen LogP contribution in [0.2, 0.25) is 0 Å². The summed E-state index contributed by atoms with van der Waals surface area (Å²) in [6, 6.07) is 7.24. The van der Waals surface area contributed by atoms with Crippen LogP contribution in [0.4, 0.5) is 5.69 Å². The molecule has 0 unspecified atom stereocenters. The smallest absolute Gasteiger partial charge is 0.321 e. The Morgan fingerprint density at radius 1 is 1.11 bits per heavy atom. The minimum absolute atomic E-state index is 0.0241. The van der Waals surface area contributed by atoms with E-state index in [4.69, 9.17) is 0 Å². The number of benzene rings is 1. The minimum Gasteiger partial charge on any atom is -0.321 e. The predicted molar refractivity (Wildman–Crippen MR) is 105 cm³/mol. The van der Waals surface area contributed by atoms with Crippen LogP contribution in [0.25, 0.3) is 11.0 Å². The first-order valence-electron chi connectivity index (χ1n) is 8.69. The number of pyridine rings is 1. The molecule has 0 saturated carbocycles. The number of nitrogens with zero attached hydrogens (tertiary/aromatic N) is 3. The molecule has 0 saturated heterocycles. The Morgan fingerprint density at radius 3 is 2.41 bits per heavy atom. The lowest BCUT2D eigenvalue weighted by Crippen LogP contribution is -2.38.